The van der Waals surface area contributed by atoms with E-state index in [9.17, 15) is 9.59 Å². The molecule has 2 heterocycles. The summed E-state index contributed by atoms with van der Waals surface area (Å²) in [6, 6.07) is 50.2. The van der Waals surface area contributed by atoms with Gasteiger partial charge in [0, 0.05) is 12.4 Å². The maximum absolute atomic E-state index is 10.2. The molecule has 0 aliphatic carbocycles. The zero-order valence-electron chi connectivity index (χ0n) is 22.9. The van der Waals surface area contributed by atoms with Gasteiger partial charge in [0.1, 0.15) is 0 Å². The Labute approximate surface area is 265 Å². The Hall–Kier alpha value is -5.22. The first-order chi connectivity index (χ1) is 20.5. The molecule has 0 spiro atoms. The number of rotatable bonds is 4. The van der Waals surface area contributed by atoms with E-state index in [1.165, 1.54) is 0 Å². The Morgan fingerprint density at radius 3 is 1.07 bits per heavy atom. The van der Waals surface area contributed by atoms with Gasteiger partial charge in [-0.25, -0.2) is 9.59 Å². The quantitative estimate of drug-likeness (QED) is 0.148. The van der Waals surface area contributed by atoms with Crippen molar-refractivity contribution < 1.29 is 40.2 Å². The first-order valence-electron chi connectivity index (χ1n) is 12.9. The van der Waals surface area contributed by atoms with Crippen molar-refractivity contribution in [1.82, 2.24) is 9.97 Å². The molecular weight excluding hydrogens is 631 g/mol. The summed E-state index contributed by atoms with van der Waals surface area (Å²) < 4.78 is 0. The summed E-state index contributed by atoms with van der Waals surface area (Å²) in [5, 5.41) is 16.8. The predicted octanol–water partition coefficient (Wildman–Crippen LogP) is 7.86. The molecule has 0 aliphatic rings. The van der Waals surface area contributed by atoms with Crippen LogP contribution in [0.25, 0.3) is 22.5 Å². The SMILES string of the molecule is O=C(O)c1ccccc1.O=C(O)c1ccccc1.[Pd+2].[c-]1ccccc1-c1ccccn1.[c-]1ccccc1-c1ccccn1. The van der Waals surface area contributed by atoms with Gasteiger partial charge in [-0.05, 0) is 47.8 Å². The number of carboxylic acid groups (broad SMARTS) is 2. The number of hydrogen-bond donors (Lipinski definition) is 2. The standard InChI is InChI=1S/2C11H8N.2C7H6O2.Pd/c2*1-2-6-10(7-3-1)11-8-4-5-9-12-11;2*8-7(9)6-4-2-1-3-5-6;/h2*1-6,8-9H;2*1-5H,(H,8,9);/q2*-1;;;+2. The van der Waals surface area contributed by atoms with Crippen LogP contribution in [0.1, 0.15) is 20.7 Å². The number of carboxylic acids is 2. The van der Waals surface area contributed by atoms with Crippen LogP contribution < -0.4 is 0 Å². The zero-order chi connectivity index (χ0) is 29.8. The second-order valence-corrected chi connectivity index (χ2v) is 8.32. The molecule has 6 rings (SSSR count). The minimum absolute atomic E-state index is 0. The molecule has 7 heteroatoms. The van der Waals surface area contributed by atoms with Crippen LogP contribution in [0.3, 0.4) is 0 Å². The van der Waals surface area contributed by atoms with E-state index in [2.05, 4.69) is 22.1 Å². The molecule has 216 valence electrons. The Morgan fingerprint density at radius 2 is 0.814 bits per heavy atom. The molecule has 0 amide bonds. The number of aromatic carboxylic acids is 2. The van der Waals surface area contributed by atoms with Gasteiger partial charge < -0.3 is 20.2 Å². The number of carbonyl (C=O) groups is 2. The van der Waals surface area contributed by atoms with Crippen LogP contribution >= 0.6 is 0 Å². The van der Waals surface area contributed by atoms with Crippen molar-refractivity contribution in [2.24, 2.45) is 0 Å². The van der Waals surface area contributed by atoms with Gasteiger partial charge in [0.05, 0.1) is 11.1 Å². The molecule has 0 fully saturated rings. The van der Waals surface area contributed by atoms with Gasteiger partial charge >= 0.3 is 32.4 Å². The van der Waals surface area contributed by atoms with Crippen LogP contribution in [0, 0.1) is 12.1 Å². The second-order valence-electron chi connectivity index (χ2n) is 8.32. The van der Waals surface area contributed by atoms with Crippen LogP contribution in [0.2, 0.25) is 0 Å². The number of hydrogen-bond acceptors (Lipinski definition) is 4. The fraction of sp³-hybridized carbons (Fsp3) is 0. The Balaban J connectivity index is 0.000000201. The largest absolute Gasteiger partial charge is 2.00 e. The molecule has 0 aliphatic heterocycles. The van der Waals surface area contributed by atoms with E-state index in [0.29, 0.717) is 11.1 Å². The Morgan fingerprint density at radius 1 is 0.465 bits per heavy atom. The summed E-state index contributed by atoms with van der Waals surface area (Å²) >= 11 is 0. The van der Waals surface area contributed by atoms with Gasteiger partial charge in [-0.2, -0.15) is 0 Å². The molecule has 0 radical (unpaired) electrons. The zero-order valence-corrected chi connectivity index (χ0v) is 24.5. The Bertz CT molecular complexity index is 1390. The van der Waals surface area contributed by atoms with E-state index < -0.39 is 11.9 Å². The number of aromatic nitrogens is 2. The second kappa shape index (κ2) is 19.8. The average molecular weight is 659 g/mol. The van der Waals surface area contributed by atoms with E-state index in [1.807, 2.05) is 84.9 Å². The van der Waals surface area contributed by atoms with Crippen molar-refractivity contribution >= 4 is 11.9 Å². The number of nitrogens with zero attached hydrogens (tertiary/aromatic N) is 2. The molecule has 6 aromatic rings. The van der Waals surface area contributed by atoms with Crippen LogP contribution in [0.4, 0.5) is 0 Å². The first kappa shape index (κ1) is 34.0. The monoisotopic (exact) mass is 658 g/mol. The number of benzene rings is 4. The van der Waals surface area contributed by atoms with Crippen molar-refractivity contribution in [3.05, 3.63) is 181 Å². The predicted molar refractivity (Wildman–Crippen MR) is 164 cm³/mol. The van der Waals surface area contributed by atoms with Crippen molar-refractivity contribution in [3.63, 3.8) is 0 Å². The maximum atomic E-state index is 10.2. The fourth-order valence-electron chi connectivity index (χ4n) is 3.31. The van der Waals surface area contributed by atoms with Gasteiger partial charge in [0.2, 0.25) is 0 Å². The van der Waals surface area contributed by atoms with Crippen molar-refractivity contribution in [2.75, 3.05) is 0 Å². The van der Waals surface area contributed by atoms with Crippen LogP contribution in [0.15, 0.2) is 158 Å². The van der Waals surface area contributed by atoms with Gasteiger partial charge in [-0.3, -0.25) is 0 Å². The molecule has 0 saturated carbocycles. The number of pyridine rings is 2. The smallest absolute Gasteiger partial charge is 0.478 e. The summed E-state index contributed by atoms with van der Waals surface area (Å²) in [4.78, 5) is 28.8. The molecule has 4 aromatic carbocycles. The molecule has 0 saturated heterocycles. The molecule has 43 heavy (non-hydrogen) atoms. The molecule has 0 atom stereocenters. The first-order valence-corrected chi connectivity index (χ1v) is 12.9. The van der Waals surface area contributed by atoms with Crippen molar-refractivity contribution in [1.29, 1.82) is 0 Å². The van der Waals surface area contributed by atoms with E-state index in [1.54, 1.807) is 73.1 Å². The normalized spacial score (nSPS) is 9.12. The summed E-state index contributed by atoms with van der Waals surface area (Å²) in [6.45, 7) is 0. The fourth-order valence-corrected chi connectivity index (χ4v) is 3.31. The average Bonchev–Trinajstić information content (AvgIpc) is 3.08. The molecule has 2 N–H and O–H groups in total. The molecule has 0 bridgehead atoms. The third-order valence-corrected chi connectivity index (χ3v) is 5.34. The van der Waals surface area contributed by atoms with Crippen LogP contribution in [0.5, 0.6) is 0 Å². The van der Waals surface area contributed by atoms with Gasteiger partial charge in [0.25, 0.3) is 0 Å². The molecular formula is C36H28N2O4Pd. The van der Waals surface area contributed by atoms with Gasteiger partial charge in [-0.15, -0.1) is 71.8 Å². The minimum atomic E-state index is -0.879. The van der Waals surface area contributed by atoms with Crippen molar-refractivity contribution in [3.8, 4) is 22.5 Å². The molecule has 2 aromatic heterocycles. The van der Waals surface area contributed by atoms with E-state index in [-0.39, 0.29) is 20.4 Å². The van der Waals surface area contributed by atoms with Gasteiger partial charge in [-0.1, -0.05) is 60.7 Å². The van der Waals surface area contributed by atoms with Crippen LogP contribution in [-0.4, -0.2) is 32.1 Å². The van der Waals surface area contributed by atoms with E-state index in [4.69, 9.17) is 10.2 Å². The Kier molecular flexibility index (Phi) is 15.6. The summed E-state index contributed by atoms with van der Waals surface area (Å²) in [6.07, 6.45) is 3.58. The third kappa shape index (κ3) is 12.9. The summed E-state index contributed by atoms with van der Waals surface area (Å²) in [7, 11) is 0. The maximum Gasteiger partial charge on any atom is 2.00 e. The minimum Gasteiger partial charge on any atom is -0.478 e. The van der Waals surface area contributed by atoms with Crippen LogP contribution in [-0.2, 0) is 20.4 Å². The molecule has 6 nitrogen and oxygen atoms in total. The van der Waals surface area contributed by atoms with Crippen molar-refractivity contribution in [2.45, 2.75) is 0 Å². The third-order valence-electron chi connectivity index (χ3n) is 5.34. The van der Waals surface area contributed by atoms with Gasteiger partial charge in [0.15, 0.2) is 0 Å². The topological polar surface area (TPSA) is 100 Å². The summed E-state index contributed by atoms with van der Waals surface area (Å²) in [5.74, 6) is -1.76. The van der Waals surface area contributed by atoms with E-state index in [0.717, 1.165) is 22.5 Å². The molecule has 0 unspecified atom stereocenters. The summed E-state index contributed by atoms with van der Waals surface area (Å²) in [5.41, 5.74) is 4.68. The van der Waals surface area contributed by atoms with E-state index >= 15 is 0 Å².